The first-order valence-electron chi connectivity index (χ1n) is 6.04. The Labute approximate surface area is 109 Å². The lowest BCUT2D eigenvalue weighted by Gasteiger charge is -2.12. The summed E-state index contributed by atoms with van der Waals surface area (Å²) < 4.78 is 28.8. The van der Waals surface area contributed by atoms with Gasteiger partial charge < -0.3 is 5.32 Å². The summed E-state index contributed by atoms with van der Waals surface area (Å²) in [6, 6.07) is 0.0848. The van der Waals surface area contributed by atoms with Gasteiger partial charge in [-0.1, -0.05) is 0 Å². The molecule has 0 aliphatic rings. The standard InChI is InChI=1S/C11H22N4O2S/c1-6-15-10(4)11(9(3)14-15)18(16,17)13-7-8(2)12-5/h8,12-13H,6-7H2,1-5H3. The lowest BCUT2D eigenvalue weighted by Crippen LogP contribution is -2.37. The summed E-state index contributed by atoms with van der Waals surface area (Å²) in [6.45, 7) is 8.36. The lowest BCUT2D eigenvalue weighted by molar-refractivity contribution is 0.553. The fourth-order valence-corrected chi connectivity index (χ4v) is 3.32. The summed E-state index contributed by atoms with van der Waals surface area (Å²) in [7, 11) is -1.69. The van der Waals surface area contributed by atoms with Crippen molar-refractivity contribution in [2.75, 3.05) is 13.6 Å². The van der Waals surface area contributed by atoms with Crippen LogP contribution in [0, 0.1) is 13.8 Å². The van der Waals surface area contributed by atoms with Crippen LogP contribution < -0.4 is 10.0 Å². The van der Waals surface area contributed by atoms with Gasteiger partial charge in [-0.25, -0.2) is 13.1 Å². The Hall–Kier alpha value is -0.920. The molecule has 18 heavy (non-hydrogen) atoms. The number of hydrogen-bond donors (Lipinski definition) is 2. The number of hydrogen-bond acceptors (Lipinski definition) is 4. The van der Waals surface area contributed by atoms with Crippen LogP contribution in [0.3, 0.4) is 0 Å². The molecule has 0 aliphatic heterocycles. The second kappa shape index (κ2) is 5.81. The summed E-state index contributed by atoms with van der Waals surface area (Å²) in [5.74, 6) is 0. The Morgan fingerprint density at radius 1 is 1.39 bits per heavy atom. The van der Waals surface area contributed by atoms with Gasteiger partial charge in [0, 0.05) is 19.1 Å². The maximum atomic E-state index is 12.2. The highest BCUT2D eigenvalue weighted by molar-refractivity contribution is 7.89. The lowest BCUT2D eigenvalue weighted by atomic mass is 10.4. The van der Waals surface area contributed by atoms with Gasteiger partial charge in [0.15, 0.2) is 0 Å². The summed E-state index contributed by atoms with van der Waals surface area (Å²) >= 11 is 0. The molecule has 2 N–H and O–H groups in total. The van der Waals surface area contributed by atoms with Crippen molar-refractivity contribution in [1.29, 1.82) is 0 Å². The van der Waals surface area contributed by atoms with E-state index in [1.54, 1.807) is 25.6 Å². The van der Waals surface area contributed by atoms with E-state index in [4.69, 9.17) is 0 Å². The van der Waals surface area contributed by atoms with E-state index in [0.717, 1.165) is 0 Å². The minimum absolute atomic E-state index is 0.0848. The minimum Gasteiger partial charge on any atom is -0.316 e. The Morgan fingerprint density at radius 2 is 2.00 bits per heavy atom. The highest BCUT2D eigenvalue weighted by Gasteiger charge is 2.24. The molecule has 1 heterocycles. The van der Waals surface area contributed by atoms with Gasteiger partial charge in [0.25, 0.3) is 0 Å². The van der Waals surface area contributed by atoms with Crippen LogP contribution in [0.1, 0.15) is 25.2 Å². The van der Waals surface area contributed by atoms with Crippen molar-refractivity contribution in [1.82, 2.24) is 19.8 Å². The molecule has 0 bridgehead atoms. The van der Waals surface area contributed by atoms with Gasteiger partial charge in [0.2, 0.25) is 10.0 Å². The number of nitrogens with one attached hydrogen (secondary N) is 2. The molecule has 1 rings (SSSR count). The molecule has 1 aromatic heterocycles. The van der Waals surface area contributed by atoms with Gasteiger partial charge in [-0.3, -0.25) is 4.68 Å². The van der Waals surface area contributed by atoms with Crippen molar-refractivity contribution < 1.29 is 8.42 Å². The third-order valence-electron chi connectivity index (χ3n) is 2.96. The number of rotatable bonds is 6. The molecule has 1 aromatic rings. The second-order valence-corrected chi connectivity index (χ2v) is 6.06. The van der Waals surface area contributed by atoms with E-state index < -0.39 is 10.0 Å². The zero-order valence-corrected chi connectivity index (χ0v) is 12.4. The molecule has 7 heteroatoms. The van der Waals surface area contributed by atoms with Crippen LogP contribution in [0.15, 0.2) is 4.90 Å². The number of aromatic nitrogens is 2. The summed E-state index contributed by atoms with van der Waals surface area (Å²) in [4.78, 5) is 0.299. The van der Waals surface area contributed by atoms with Crippen LogP contribution in [0.2, 0.25) is 0 Å². The van der Waals surface area contributed by atoms with Gasteiger partial charge in [-0.2, -0.15) is 5.10 Å². The van der Waals surface area contributed by atoms with Crippen LogP contribution in [0.25, 0.3) is 0 Å². The largest absolute Gasteiger partial charge is 0.316 e. The smallest absolute Gasteiger partial charge is 0.244 e. The van der Waals surface area contributed by atoms with Crippen molar-refractivity contribution in [3.8, 4) is 0 Å². The SMILES string of the molecule is CCn1nc(C)c(S(=O)(=O)NCC(C)NC)c1C. The van der Waals surface area contributed by atoms with E-state index in [1.165, 1.54) is 0 Å². The predicted molar refractivity (Wildman–Crippen MR) is 71.1 cm³/mol. The van der Waals surface area contributed by atoms with Crippen molar-refractivity contribution in [2.45, 2.75) is 45.2 Å². The molecule has 104 valence electrons. The van der Waals surface area contributed by atoms with E-state index in [-0.39, 0.29) is 6.04 Å². The number of likely N-dealkylation sites (N-methyl/N-ethyl adjacent to an activating group) is 1. The third kappa shape index (κ3) is 3.09. The first-order valence-corrected chi connectivity index (χ1v) is 7.52. The molecule has 0 amide bonds. The fourth-order valence-electron chi connectivity index (χ4n) is 1.79. The van der Waals surface area contributed by atoms with E-state index in [0.29, 0.717) is 29.4 Å². The molecular formula is C11H22N4O2S. The monoisotopic (exact) mass is 274 g/mol. The molecule has 6 nitrogen and oxygen atoms in total. The maximum Gasteiger partial charge on any atom is 0.244 e. The molecule has 1 atom stereocenters. The molecule has 0 aliphatic carbocycles. The Kier molecular flexibility index (Phi) is 4.89. The highest BCUT2D eigenvalue weighted by atomic mass is 32.2. The van der Waals surface area contributed by atoms with Gasteiger partial charge in [-0.15, -0.1) is 0 Å². The van der Waals surface area contributed by atoms with Crippen LogP contribution in [0.5, 0.6) is 0 Å². The molecule has 0 radical (unpaired) electrons. The number of nitrogens with zero attached hydrogens (tertiary/aromatic N) is 2. The Morgan fingerprint density at radius 3 is 2.44 bits per heavy atom. The summed E-state index contributed by atoms with van der Waals surface area (Å²) in [5.41, 5.74) is 1.22. The van der Waals surface area contributed by atoms with Crippen molar-refractivity contribution >= 4 is 10.0 Å². The quantitative estimate of drug-likeness (QED) is 0.787. The zero-order valence-electron chi connectivity index (χ0n) is 11.6. The number of sulfonamides is 1. The van der Waals surface area contributed by atoms with Crippen molar-refractivity contribution in [2.24, 2.45) is 0 Å². The Bertz CT molecular complexity index is 507. The van der Waals surface area contributed by atoms with Crippen molar-refractivity contribution in [3.63, 3.8) is 0 Å². The topological polar surface area (TPSA) is 76.0 Å². The van der Waals surface area contributed by atoms with Gasteiger partial charge >= 0.3 is 0 Å². The molecule has 0 spiro atoms. The van der Waals surface area contributed by atoms with Gasteiger partial charge in [-0.05, 0) is 34.7 Å². The van der Waals surface area contributed by atoms with Crippen LogP contribution in [-0.4, -0.2) is 37.8 Å². The van der Waals surface area contributed by atoms with Crippen LogP contribution in [-0.2, 0) is 16.6 Å². The molecule has 0 saturated heterocycles. The molecule has 0 aromatic carbocycles. The molecule has 0 saturated carbocycles. The summed E-state index contributed by atoms with van der Waals surface area (Å²) in [6.07, 6.45) is 0. The maximum absolute atomic E-state index is 12.2. The predicted octanol–water partition coefficient (Wildman–Crippen LogP) is 0.406. The van der Waals surface area contributed by atoms with Crippen LogP contribution in [0.4, 0.5) is 0 Å². The highest BCUT2D eigenvalue weighted by Crippen LogP contribution is 2.18. The molecule has 1 unspecified atom stereocenters. The van der Waals surface area contributed by atoms with Crippen molar-refractivity contribution in [3.05, 3.63) is 11.4 Å². The third-order valence-corrected chi connectivity index (χ3v) is 4.63. The average Bonchev–Trinajstić information content (AvgIpc) is 2.61. The summed E-state index contributed by atoms with van der Waals surface area (Å²) in [5, 5.41) is 7.21. The van der Waals surface area contributed by atoms with E-state index in [1.807, 2.05) is 13.8 Å². The molecule has 0 fully saturated rings. The van der Waals surface area contributed by atoms with Crippen LogP contribution >= 0.6 is 0 Å². The van der Waals surface area contributed by atoms with E-state index in [2.05, 4.69) is 15.1 Å². The fraction of sp³-hybridized carbons (Fsp3) is 0.727. The minimum atomic E-state index is -3.49. The first kappa shape index (κ1) is 15.1. The van der Waals surface area contributed by atoms with Gasteiger partial charge in [0.1, 0.15) is 4.90 Å². The number of aryl methyl sites for hydroxylation is 2. The first-order chi connectivity index (χ1) is 8.33. The van der Waals surface area contributed by atoms with E-state index >= 15 is 0 Å². The normalized spacial score (nSPS) is 13.8. The zero-order chi connectivity index (χ0) is 13.9. The van der Waals surface area contributed by atoms with Gasteiger partial charge in [0.05, 0.1) is 11.4 Å². The average molecular weight is 274 g/mol. The Balaban J connectivity index is 3.02. The molecular weight excluding hydrogens is 252 g/mol. The second-order valence-electron chi connectivity index (χ2n) is 4.36. The van der Waals surface area contributed by atoms with E-state index in [9.17, 15) is 8.42 Å².